The molecule has 2 aliphatic rings. The number of aliphatic hydroxyl groups is 1. The second kappa shape index (κ2) is 7.39. The van der Waals surface area contributed by atoms with Crippen LogP contribution in [0, 0.1) is 5.92 Å². The fraction of sp³-hybridized carbons (Fsp3) is 0.944. The Kier molecular flexibility index (Phi) is 5.95. The normalized spacial score (nSPS) is 32.1. The number of carbonyl (C=O) groups is 1. The number of nitrogens with one attached hydrogen (secondary N) is 1. The number of likely N-dealkylation sites (tertiary alicyclic amines) is 1. The maximum absolute atomic E-state index is 12.1. The molecule has 0 aromatic carbocycles. The summed E-state index contributed by atoms with van der Waals surface area (Å²) in [5.41, 5.74) is -1.01. The molecule has 2 rings (SSSR count). The van der Waals surface area contributed by atoms with Gasteiger partial charge in [0.05, 0.1) is 5.60 Å². The van der Waals surface area contributed by atoms with Gasteiger partial charge in [-0.1, -0.05) is 13.3 Å². The molecule has 1 saturated carbocycles. The Morgan fingerprint density at radius 3 is 2.52 bits per heavy atom. The van der Waals surface area contributed by atoms with E-state index in [-0.39, 0.29) is 12.1 Å². The van der Waals surface area contributed by atoms with Gasteiger partial charge in [0, 0.05) is 25.7 Å². The molecular formula is C18H34N2O3. The summed E-state index contributed by atoms with van der Waals surface area (Å²) in [5, 5.41) is 14.2. The van der Waals surface area contributed by atoms with Crippen molar-refractivity contribution in [1.82, 2.24) is 10.2 Å². The van der Waals surface area contributed by atoms with Crippen molar-refractivity contribution in [2.24, 2.45) is 5.92 Å². The third-order valence-electron chi connectivity index (χ3n) is 5.17. The van der Waals surface area contributed by atoms with Crippen molar-refractivity contribution < 1.29 is 14.6 Å². The third kappa shape index (κ3) is 5.64. The van der Waals surface area contributed by atoms with Gasteiger partial charge in [0.25, 0.3) is 0 Å². The van der Waals surface area contributed by atoms with Crippen LogP contribution in [-0.2, 0) is 4.74 Å². The molecule has 1 heterocycles. The number of hydrogen-bond acceptors (Lipinski definition) is 4. The highest BCUT2D eigenvalue weighted by Crippen LogP contribution is 2.33. The van der Waals surface area contributed by atoms with Crippen molar-refractivity contribution in [2.75, 3.05) is 19.6 Å². The quantitative estimate of drug-likeness (QED) is 0.834. The topological polar surface area (TPSA) is 61.8 Å². The zero-order chi connectivity index (χ0) is 17.1. The summed E-state index contributed by atoms with van der Waals surface area (Å²) in [6.07, 6.45) is 5.95. The van der Waals surface area contributed by atoms with E-state index in [1.165, 1.54) is 6.42 Å². The Morgan fingerprint density at radius 1 is 1.30 bits per heavy atom. The Bertz CT molecular complexity index is 398. The van der Waals surface area contributed by atoms with Crippen molar-refractivity contribution in [3.8, 4) is 0 Å². The number of amides is 1. The lowest BCUT2D eigenvalue weighted by atomic mass is 9.78. The lowest BCUT2D eigenvalue weighted by Crippen LogP contribution is -2.47. The third-order valence-corrected chi connectivity index (χ3v) is 5.17. The van der Waals surface area contributed by atoms with E-state index in [1.807, 2.05) is 20.8 Å². The number of rotatable bonds is 4. The number of ether oxygens (including phenoxy) is 1. The summed E-state index contributed by atoms with van der Waals surface area (Å²) in [5.74, 6) is 0.782. The van der Waals surface area contributed by atoms with Crippen molar-refractivity contribution in [2.45, 2.75) is 83.5 Å². The van der Waals surface area contributed by atoms with Gasteiger partial charge in [0.2, 0.25) is 0 Å². The first-order valence-electron chi connectivity index (χ1n) is 9.14. The Morgan fingerprint density at radius 2 is 1.96 bits per heavy atom. The maximum Gasteiger partial charge on any atom is 0.410 e. The summed E-state index contributed by atoms with van der Waals surface area (Å²) in [6, 6.07) is 0.260. The predicted molar refractivity (Wildman–Crippen MR) is 91.4 cm³/mol. The Balaban J connectivity index is 1.73. The molecule has 0 bridgehead atoms. The van der Waals surface area contributed by atoms with Crippen LogP contribution in [0.25, 0.3) is 0 Å². The molecular weight excluding hydrogens is 292 g/mol. The molecule has 1 aliphatic heterocycles. The molecule has 0 radical (unpaired) electrons. The minimum Gasteiger partial charge on any atom is -0.444 e. The van der Waals surface area contributed by atoms with Gasteiger partial charge in [0.15, 0.2) is 0 Å². The van der Waals surface area contributed by atoms with Crippen LogP contribution in [0.3, 0.4) is 0 Å². The van der Waals surface area contributed by atoms with Gasteiger partial charge >= 0.3 is 6.09 Å². The van der Waals surface area contributed by atoms with Gasteiger partial charge in [-0.3, -0.25) is 0 Å². The first kappa shape index (κ1) is 18.5. The molecule has 1 amide bonds. The summed E-state index contributed by atoms with van der Waals surface area (Å²) < 4.78 is 5.42. The van der Waals surface area contributed by atoms with E-state index in [1.54, 1.807) is 4.90 Å². The standard InChI is InChI=1S/C18H34N2O3/c1-5-14-6-9-18(22,10-7-14)13-19-15-8-11-20(12-15)16(21)23-17(2,3)4/h14-15,19,22H,5-13H2,1-4H3. The number of hydrogen-bond donors (Lipinski definition) is 2. The van der Waals surface area contributed by atoms with E-state index in [9.17, 15) is 9.90 Å². The molecule has 5 nitrogen and oxygen atoms in total. The van der Waals surface area contributed by atoms with Crippen LogP contribution in [0.2, 0.25) is 0 Å². The molecule has 0 aromatic heterocycles. The van der Waals surface area contributed by atoms with E-state index in [0.29, 0.717) is 13.1 Å². The molecule has 0 spiro atoms. The molecule has 1 unspecified atom stereocenters. The molecule has 1 saturated heterocycles. The first-order valence-corrected chi connectivity index (χ1v) is 9.14. The lowest BCUT2D eigenvalue weighted by Gasteiger charge is -2.36. The SMILES string of the molecule is CCC1CCC(O)(CNC2CCN(C(=O)OC(C)(C)C)C2)CC1. The second-order valence-corrected chi connectivity index (χ2v) is 8.37. The highest BCUT2D eigenvalue weighted by Gasteiger charge is 2.35. The number of carbonyl (C=O) groups excluding carboxylic acids is 1. The molecule has 23 heavy (non-hydrogen) atoms. The van der Waals surface area contributed by atoms with Crippen molar-refractivity contribution in [3.05, 3.63) is 0 Å². The molecule has 1 atom stereocenters. The van der Waals surface area contributed by atoms with Crippen LogP contribution >= 0.6 is 0 Å². The molecule has 2 fully saturated rings. The van der Waals surface area contributed by atoms with Crippen molar-refractivity contribution >= 4 is 6.09 Å². The Labute approximate surface area is 140 Å². The summed E-state index contributed by atoms with van der Waals surface area (Å²) in [6.45, 7) is 9.93. The van der Waals surface area contributed by atoms with Gasteiger partial charge < -0.3 is 20.1 Å². The highest BCUT2D eigenvalue weighted by molar-refractivity contribution is 5.68. The van der Waals surface area contributed by atoms with Crippen molar-refractivity contribution in [1.29, 1.82) is 0 Å². The maximum atomic E-state index is 12.1. The van der Waals surface area contributed by atoms with Crippen LogP contribution in [0.4, 0.5) is 4.79 Å². The largest absolute Gasteiger partial charge is 0.444 e. The van der Waals surface area contributed by atoms with Crippen LogP contribution < -0.4 is 5.32 Å². The Hall–Kier alpha value is -0.810. The average Bonchev–Trinajstić information content (AvgIpc) is 2.94. The van der Waals surface area contributed by atoms with E-state index in [4.69, 9.17) is 4.74 Å². The number of nitrogens with zero attached hydrogens (tertiary/aromatic N) is 1. The van der Waals surface area contributed by atoms with Crippen molar-refractivity contribution in [3.63, 3.8) is 0 Å². The molecule has 134 valence electrons. The van der Waals surface area contributed by atoms with E-state index >= 15 is 0 Å². The summed E-state index contributed by atoms with van der Waals surface area (Å²) in [7, 11) is 0. The van der Waals surface area contributed by atoms with Crippen LogP contribution in [0.1, 0.15) is 66.2 Å². The van der Waals surface area contributed by atoms with Gasteiger partial charge in [-0.2, -0.15) is 0 Å². The first-order chi connectivity index (χ1) is 10.7. The minimum atomic E-state index is -0.564. The highest BCUT2D eigenvalue weighted by atomic mass is 16.6. The lowest BCUT2D eigenvalue weighted by molar-refractivity contribution is -0.0105. The zero-order valence-corrected chi connectivity index (χ0v) is 15.2. The summed E-state index contributed by atoms with van der Waals surface area (Å²) >= 11 is 0. The van der Waals surface area contributed by atoms with Gasteiger partial charge in [-0.15, -0.1) is 0 Å². The monoisotopic (exact) mass is 326 g/mol. The zero-order valence-electron chi connectivity index (χ0n) is 15.2. The smallest absolute Gasteiger partial charge is 0.410 e. The predicted octanol–water partition coefficient (Wildman–Crippen LogP) is 2.92. The van der Waals surface area contributed by atoms with Gasteiger partial charge in [-0.25, -0.2) is 4.79 Å². The molecule has 0 aromatic rings. The molecule has 5 heteroatoms. The fourth-order valence-electron chi connectivity index (χ4n) is 3.55. The van der Waals surface area contributed by atoms with Crippen LogP contribution in [-0.4, -0.2) is 53.0 Å². The van der Waals surface area contributed by atoms with Gasteiger partial charge in [0.1, 0.15) is 5.60 Å². The molecule has 2 N–H and O–H groups in total. The van der Waals surface area contributed by atoms with E-state index in [2.05, 4.69) is 12.2 Å². The summed E-state index contributed by atoms with van der Waals surface area (Å²) in [4.78, 5) is 13.8. The molecule has 1 aliphatic carbocycles. The minimum absolute atomic E-state index is 0.232. The van der Waals surface area contributed by atoms with Crippen LogP contribution in [0.15, 0.2) is 0 Å². The van der Waals surface area contributed by atoms with E-state index < -0.39 is 11.2 Å². The van der Waals surface area contributed by atoms with Gasteiger partial charge in [-0.05, 0) is 58.8 Å². The second-order valence-electron chi connectivity index (χ2n) is 8.37. The average molecular weight is 326 g/mol. The van der Waals surface area contributed by atoms with E-state index in [0.717, 1.165) is 44.6 Å². The fourth-order valence-corrected chi connectivity index (χ4v) is 3.55. The van der Waals surface area contributed by atoms with Crippen LogP contribution in [0.5, 0.6) is 0 Å².